The number of aromatic nitrogens is 2. The van der Waals surface area contributed by atoms with Crippen molar-refractivity contribution in [3.05, 3.63) is 15.9 Å². The molecule has 2 heterocycles. The SMILES string of the molecule is Cn1nc(C#N)c(Br)c1CC1(F)CCN(C(=O)OC(C)(C)C)CC1. The first-order chi connectivity index (χ1) is 11.0. The minimum Gasteiger partial charge on any atom is -0.444 e. The molecule has 0 aliphatic carbocycles. The number of aryl methyl sites for hydroxylation is 1. The maximum atomic E-state index is 15.2. The van der Waals surface area contributed by atoms with E-state index in [2.05, 4.69) is 21.0 Å². The number of carbonyl (C=O) groups is 1. The molecule has 132 valence electrons. The Balaban J connectivity index is 2.02. The van der Waals surface area contributed by atoms with E-state index in [-0.39, 0.29) is 25.0 Å². The lowest BCUT2D eigenvalue weighted by Crippen LogP contribution is -2.47. The molecule has 2 rings (SSSR count). The van der Waals surface area contributed by atoms with Gasteiger partial charge < -0.3 is 9.64 Å². The summed E-state index contributed by atoms with van der Waals surface area (Å²) in [6, 6.07) is 1.98. The van der Waals surface area contributed by atoms with Gasteiger partial charge in [-0.1, -0.05) is 0 Å². The molecule has 0 aromatic carbocycles. The Morgan fingerprint density at radius 1 is 1.46 bits per heavy atom. The van der Waals surface area contributed by atoms with Gasteiger partial charge in [0, 0.05) is 26.6 Å². The highest BCUT2D eigenvalue weighted by Crippen LogP contribution is 2.34. The van der Waals surface area contributed by atoms with Crippen LogP contribution in [0.1, 0.15) is 45.0 Å². The molecule has 1 amide bonds. The number of hydrogen-bond donors (Lipinski definition) is 0. The van der Waals surface area contributed by atoms with Gasteiger partial charge in [0.25, 0.3) is 0 Å². The fourth-order valence-corrected chi connectivity index (χ4v) is 3.25. The van der Waals surface area contributed by atoms with Crippen molar-refractivity contribution in [1.82, 2.24) is 14.7 Å². The molecule has 1 aromatic rings. The molecule has 0 atom stereocenters. The number of halogens is 2. The summed E-state index contributed by atoms with van der Waals surface area (Å²) in [6.07, 6.45) is 0.205. The first-order valence-electron chi connectivity index (χ1n) is 7.83. The van der Waals surface area contributed by atoms with E-state index in [1.54, 1.807) is 32.7 Å². The fraction of sp³-hybridized carbons (Fsp3) is 0.688. The zero-order chi connectivity index (χ0) is 18.1. The summed E-state index contributed by atoms with van der Waals surface area (Å²) in [5.74, 6) is 0. The summed E-state index contributed by atoms with van der Waals surface area (Å²) < 4.78 is 22.6. The number of nitrogens with zero attached hydrogens (tertiary/aromatic N) is 4. The molecule has 0 unspecified atom stereocenters. The van der Waals surface area contributed by atoms with Crippen LogP contribution in [0.5, 0.6) is 0 Å². The molecule has 0 N–H and O–H groups in total. The van der Waals surface area contributed by atoms with Gasteiger partial charge in [-0.25, -0.2) is 9.18 Å². The Morgan fingerprint density at radius 2 is 2.04 bits per heavy atom. The van der Waals surface area contributed by atoms with E-state index in [9.17, 15) is 4.79 Å². The first kappa shape index (κ1) is 18.7. The Bertz CT molecular complexity index is 667. The Morgan fingerprint density at radius 3 is 2.50 bits per heavy atom. The lowest BCUT2D eigenvalue weighted by Gasteiger charge is -2.37. The average molecular weight is 401 g/mol. The number of hydrogen-bond acceptors (Lipinski definition) is 4. The number of amides is 1. The monoisotopic (exact) mass is 400 g/mol. The number of piperidine rings is 1. The van der Waals surface area contributed by atoms with E-state index in [0.717, 1.165) is 0 Å². The summed E-state index contributed by atoms with van der Waals surface area (Å²) in [4.78, 5) is 13.6. The number of likely N-dealkylation sites (tertiary alicyclic amines) is 1. The second-order valence-corrected chi connectivity index (χ2v) is 7.93. The first-order valence-corrected chi connectivity index (χ1v) is 8.62. The van der Waals surface area contributed by atoms with Crippen molar-refractivity contribution >= 4 is 22.0 Å². The molecule has 1 fully saturated rings. The molecule has 1 saturated heterocycles. The zero-order valence-electron chi connectivity index (χ0n) is 14.4. The van der Waals surface area contributed by atoms with Gasteiger partial charge in [0.15, 0.2) is 5.69 Å². The highest BCUT2D eigenvalue weighted by atomic mass is 79.9. The normalized spacial score (nSPS) is 17.5. The predicted molar refractivity (Wildman–Crippen MR) is 90.2 cm³/mol. The van der Waals surface area contributed by atoms with E-state index in [1.807, 2.05) is 6.07 Å². The third-order valence-corrected chi connectivity index (χ3v) is 4.84. The standard InChI is InChI=1S/C16H22BrFN4O2/c1-15(2,3)24-14(23)22-7-5-16(18,6-8-22)9-12-13(17)11(10-19)20-21(12)4/h5-9H2,1-4H3. The van der Waals surface area contributed by atoms with Gasteiger partial charge in [-0.3, -0.25) is 4.68 Å². The third-order valence-electron chi connectivity index (χ3n) is 4.00. The van der Waals surface area contributed by atoms with Crippen LogP contribution in [-0.4, -0.2) is 45.1 Å². The number of alkyl halides is 1. The van der Waals surface area contributed by atoms with Crippen molar-refractivity contribution in [3.8, 4) is 6.07 Å². The van der Waals surface area contributed by atoms with Crippen molar-refractivity contribution in [3.63, 3.8) is 0 Å². The van der Waals surface area contributed by atoms with E-state index < -0.39 is 17.4 Å². The van der Waals surface area contributed by atoms with Gasteiger partial charge in [0.1, 0.15) is 17.3 Å². The lowest BCUT2D eigenvalue weighted by molar-refractivity contribution is 0.00302. The lowest BCUT2D eigenvalue weighted by atomic mass is 9.89. The highest BCUT2D eigenvalue weighted by molar-refractivity contribution is 9.10. The van der Waals surface area contributed by atoms with Crippen LogP contribution >= 0.6 is 15.9 Å². The minimum atomic E-state index is -1.43. The number of rotatable bonds is 2. The van der Waals surface area contributed by atoms with Crippen molar-refractivity contribution in [2.45, 2.75) is 51.3 Å². The van der Waals surface area contributed by atoms with Crippen molar-refractivity contribution < 1.29 is 13.9 Å². The maximum absolute atomic E-state index is 15.2. The fourth-order valence-electron chi connectivity index (χ4n) is 2.69. The summed E-state index contributed by atoms with van der Waals surface area (Å²) in [7, 11) is 1.69. The van der Waals surface area contributed by atoms with Crippen LogP contribution in [0.4, 0.5) is 9.18 Å². The van der Waals surface area contributed by atoms with Gasteiger partial charge in [0.05, 0.1) is 10.2 Å². The number of ether oxygens (including phenoxy) is 1. The Labute approximate surface area is 149 Å². The molecule has 0 bridgehead atoms. The van der Waals surface area contributed by atoms with E-state index in [0.29, 0.717) is 23.3 Å². The van der Waals surface area contributed by atoms with E-state index in [1.165, 1.54) is 4.68 Å². The molecule has 1 aromatic heterocycles. The van der Waals surface area contributed by atoms with Crippen LogP contribution in [0.25, 0.3) is 0 Å². The molecule has 0 saturated carbocycles. The van der Waals surface area contributed by atoms with E-state index in [4.69, 9.17) is 10.00 Å². The van der Waals surface area contributed by atoms with Crippen LogP contribution in [-0.2, 0) is 18.2 Å². The highest BCUT2D eigenvalue weighted by Gasteiger charge is 2.38. The molecule has 1 aliphatic heterocycles. The number of nitriles is 1. The van der Waals surface area contributed by atoms with Gasteiger partial charge >= 0.3 is 6.09 Å². The van der Waals surface area contributed by atoms with E-state index >= 15 is 4.39 Å². The molecule has 6 nitrogen and oxygen atoms in total. The van der Waals surface area contributed by atoms with Gasteiger partial charge in [-0.15, -0.1) is 0 Å². The molecule has 8 heteroatoms. The van der Waals surface area contributed by atoms with Crippen molar-refractivity contribution in [1.29, 1.82) is 5.26 Å². The number of carbonyl (C=O) groups excluding carboxylic acids is 1. The topological polar surface area (TPSA) is 71.2 Å². The third kappa shape index (κ3) is 4.26. The van der Waals surface area contributed by atoms with Gasteiger partial charge in [0.2, 0.25) is 0 Å². The second kappa shape index (κ2) is 6.71. The van der Waals surface area contributed by atoms with Crippen LogP contribution in [0, 0.1) is 11.3 Å². The van der Waals surface area contributed by atoms with Crippen LogP contribution in [0.3, 0.4) is 0 Å². The second-order valence-electron chi connectivity index (χ2n) is 7.14. The zero-order valence-corrected chi connectivity index (χ0v) is 16.0. The Kier molecular flexibility index (Phi) is 5.23. The average Bonchev–Trinajstić information content (AvgIpc) is 2.73. The molecule has 1 aliphatic rings. The van der Waals surface area contributed by atoms with Crippen LogP contribution < -0.4 is 0 Å². The summed E-state index contributed by atoms with van der Waals surface area (Å²) in [5.41, 5.74) is -1.09. The molecule has 0 spiro atoms. The van der Waals surface area contributed by atoms with Gasteiger partial charge in [-0.05, 0) is 49.5 Å². The smallest absolute Gasteiger partial charge is 0.410 e. The van der Waals surface area contributed by atoms with Crippen LogP contribution in [0.2, 0.25) is 0 Å². The van der Waals surface area contributed by atoms with Crippen molar-refractivity contribution in [2.75, 3.05) is 13.1 Å². The molecular formula is C16H22BrFN4O2. The van der Waals surface area contributed by atoms with Crippen LogP contribution in [0.15, 0.2) is 4.47 Å². The minimum absolute atomic E-state index is 0.154. The maximum Gasteiger partial charge on any atom is 0.410 e. The molecule has 24 heavy (non-hydrogen) atoms. The Hall–Kier alpha value is -1.62. The van der Waals surface area contributed by atoms with Gasteiger partial charge in [-0.2, -0.15) is 10.4 Å². The summed E-state index contributed by atoms with van der Waals surface area (Å²) in [6.45, 7) is 6.04. The van der Waals surface area contributed by atoms with Crippen molar-refractivity contribution in [2.24, 2.45) is 7.05 Å². The molecular weight excluding hydrogens is 379 g/mol. The quantitative estimate of drug-likeness (QED) is 0.762. The summed E-state index contributed by atoms with van der Waals surface area (Å²) in [5, 5.41) is 13.1. The predicted octanol–water partition coefficient (Wildman–Crippen LogP) is 3.34. The largest absolute Gasteiger partial charge is 0.444 e. The molecule has 0 radical (unpaired) electrons. The summed E-state index contributed by atoms with van der Waals surface area (Å²) >= 11 is 3.32.